The molecular weight excluding hydrogens is 156 g/mol. The third kappa shape index (κ3) is 2.75. The quantitative estimate of drug-likeness (QED) is 0.281. The molecule has 0 aliphatic rings. The van der Waals surface area contributed by atoms with Crippen molar-refractivity contribution in [2.45, 2.75) is 0 Å². The molecule has 0 fully saturated rings. The van der Waals surface area contributed by atoms with Crippen molar-refractivity contribution in [2.24, 2.45) is 0 Å². The van der Waals surface area contributed by atoms with Gasteiger partial charge in [-0.2, -0.15) is 35.8 Å². The Morgan fingerprint density at radius 3 is 2.82 bits per heavy atom. The van der Waals surface area contributed by atoms with E-state index in [1.54, 1.807) is 6.20 Å². The molecule has 1 aromatic carbocycles. The number of aromatic nitrogens is 1. The van der Waals surface area contributed by atoms with Crippen LogP contribution in [0.1, 0.15) is 0 Å². The summed E-state index contributed by atoms with van der Waals surface area (Å²) in [6.45, 7) is 0. The van der Waals surface area contributed by atoms with Crippen LogP contribution in [0.5, 0.6) is 0 Å². The number of hydrogen-bond donors (Lipinski definition) is 0. The van der Waals surface area contributed by atoms with Gasteiger partial charge in [0.25, 0.3) is 0 Å². The average molecular weight is 161 g/mol. The molecule has 3 heteroatoms. The first kappa shape index (κ1) is 12.0. The fraction of sp³-hybridized carbons (Fsp3) is 0. The van der Waals surface area contributed by atoms with Crippen LogP contribution in [0.3, 0.4) is 0 Å². The summed E-state index contributed by atoms with van der Waals surface area (Å²) >= 11 is 0. The second kappa shape index (κ2) is 5.61. The molecule has 0 saturated heterocycles. The molecular formula is C8H5KLiN. The van der Waals surface area contributed by atoms with Crippen molar-refractivity contribution in [1.82, 2.24) is 4.98 Å². The molecule has 44 valence electrons. The molecule has 0 amide bonds. The van der Waals surface area contributed by atoms with E-state index >= 15 is 0 Å². The summed E-state index contributed by atoms with van der Waals surface area (Å²) in [4.78, 5) is 4.09. The molecule has 0 N–H and O–H groups in total. The van der Waals surface area contributed by atoms with E-state index in [-0.39, 0.29) is 70.2 Å². The minimum Gasteiger partial charge on any atom is -0.722 e. The Hall–Kier alpha value is 0.994. The van der Waals surface area contributed by atoms with Gasteiger partial charge in [-0.05, 0) is 0 Å². The van der Waals surface area contributed by atoms with Gasteiger partial charge in [0.15, 0.2) is 0 Å². The minimum atomic E-state index is 0. The van der Waals surface area contributed by atoms with E-state index in [9.17, 15) is 0 Å². The Morgan fingerprint density at radius 1 is 1.27 bits per heavy atom. The standard InChI is InChI=1S/C8H5N.K.Li/c1-2-4-8-7(3-1)5-6-9-8;;/h1,3-6H;;/q-2;2*+1. The number of hydrogen-bond acceptors (Lipinski definition) is 0. The van der Waals surface area contributed by atoms with Crippen LogP contribution in [0.25, 0.3) is 10.9 Å². The molecule has 1 nitrogen and oxygen atoms in total. The van der Waals surface area contributed by atoms with Gasteiger partial charge >= 0.3 is 70.2 Å². The van der Waals surface area contributed by atoms with Crippen LogP contribution in [0.2, 0.25) is 0 Å². The molecule has 0 unspecified atom stereocenters. The SMILES string of the molecule is [K+].[Li+].[c-]1ccc2cc[n-]c2c1. The van der Waals surface area contributed by atoms with Crippen LogP contribution >= 0.6 is 0 Å². The normalized spacial score (nSPS) is 8.36. The Balaban J connectivity index is 0.000000500. The van der Waals surface area contributed by atoms with Crippen molar-refractivity contribution in [3.05, 3.63) is 36.5 Å². The zero-order valence-electron chi connectivity index (χ0n) is 6.83. The average Bonchev–Trinajstić information content (AvgIpc) is 2.33. The molecule has 0 atom stereocenters. The fourth-order valence-corrected chi connectivity index (χ4v) is 0.884. The molecule has 0 radical (unpaired) electrons. The molecule has 11 heavy (non-hydrogen) atoms. The molecule has 0 bridgehead atoms. The van der Waals surface area contributed by atoms with E-state index in [1.165, 1.54) is 5.39 Å². The molecule has 2 rings (SSSR count). The topological polar surface area (TPSA) is 14.1 Å². The number of benzene rings is 1. The number of rotatable bonds is 0. The van der Waals surface area contributed by atoms with E-state index < -0.39 is 0 Å². The summed E-state index contributed by atoms with van der Waals surface area (Å²) in [5, 5.41) is 1.19. The third-order valence-corrected chi connectivity index (χ3v) is 1.34. The second-order valence-electron chi connectivity index (χ2n) is 1.93. The maximum absolute atomic E-state index is 4.09. The molecule has 0 aliphatic heterocycles. The van der Waals surface area contributed by atoms with Crippen LogP contribution in [-0.2, 0) is 0 Å². The molecule has 1 aromatic heterocycles. The predicted molar refractivity (Wildman–Crippen MR) is 36.1 cm³/mol. The smallest absolute Gasteiger partial charge is 0.722 e. The fourth-order valence-electron chi connectivity index (χ4n) is 0.884. The van der Waals surface area contributed by atoms with Crippen molar-refractivity contribution in [2.75, 3.05) is 0 Å². The maximum Gasteiger partial charge on any atom is 1.00 e. The summed E-state index contributed by atoms with van der Waals surface area (Å²) in [7, 11) is 0. The third-order valence-electron chi connectivity index (χ3n) is 1.34. The molecule has 0 aliphatic carbocycles. The van der Waals surface area contributed by atoms with Crippen molar-refractivity contribution in [3.63, 3.8) is 0 Å². The monoisotopic (exact) mass is 161 g/mol. The van der Waals surface area contributed by atoms with Gasteiger partial charge in [-0.3, -0.25) is 5.52 Å². The van der Waals surface area contributed by atoms with Gasteiger partial charge in [0, 0.05) is 0 Å². The summed E-state index contributed by atoms with van der Waals surface area (Å²) in [6.07, 6.45) is 1.80. The van der Waals surface area contributed by atoms with Crippen LogP contribution in [-0.4, -0.2) is 0 Å². The summed E-state index contributed by atoms with van der Waals surface area (Å²) in [5.41, 5.74) is 1.03. The molecule has 2 aromatic rings. The van der Waals surface area contributed by atoms with Gasteiger partial charge in [-0.25, -0.2) is 0 Å². The summed E-state index contributed by atoms with van der Waals surface area (Å²) < 4.78 is 0. The van der Waals surface area contributed by atoms with Crippen LogP contribution in [0.4, 0.5) is 0 Å². The molecule has 1 heterocycles. The second-order valence-corrected chi connectivity index (χ2v) is 1.93. The Kier molecular flexibility index (Phi) is 6.11. The van der Waals surface area contributed by atoms with Gasteiger partial charge in [0.1, 0.15) is 0 Å². The summed E-state index contributed by atoms with van der Waals surface area (Å²) in [5.74, 6) is 0. The zero-order chi connectivity index (χ0) is 6.10. The van der Waals surface area contributed by atoms with E-state index in [4.69, 9.17) is 0 Å². The first-order valence-electron chi connectivity index (χ1n) is 2.84. The van der Waals surface area contributed by atoms with Gasteiger partial charge in [0.05, 0.1) is 0 Å². The van der Waals surface area contributed by atoms with Crippen LogP contribution in [0.15, 0.2) is 30.5 Å². The predicted octanol–water partition coefficient (Wildman–Crippen LogP) is -4.39. The van der Waals surface area contributed by atoms with Crippen LogP contribution < -0.4 is 75.2 Å². The van der Waals surface area contributed by atoms with Gasteiger partial charge < -0.3 is 4.98 Å². The van der Waals surface area contributed by atoms with E-state index in [2.05, 4.69) is 11.1 Å². The first-order chi connectivity index (χ1) is 4.47. The van der Waals surface area contributed by atoms with Crippen molar-refractivity contribution in [1.29, 1.82) is 0 Å². The Morgan fingerprint density at radius 2 is 2.09 bits per heavy atom. The van der Waals surface area contributed by atoms with Crippen molar-refractivity contribution >= 4 is 10.9 Å². The van der Waals surface area contributed by atoms with Crippen molar-refractivity contribution in [3.8, 4) is 0 Å². The number of nitrogens with zero attached hydrogens (tertiary/aromatic N) is 1. The van der Waals surface area contributed by atoms with Gasteiger partial charge in [-0.1, -0.05) is 0 Å². The first-order valence-corrected chi connectivity index (χ1v) is 2.84. The minimum absolute atomic E-state index is 0. The molecule has 0 saturated carbocycles. The zero-order valence-corrected chi connectivity index (χ0v) is 9.96. The summed E-state index contributed by atoms with van der Waals surface area (Å²) in [6, 6.07) is 10.7. The largest absolute Gasteiger partial charge is 1.00 e. The molecule has 0 spiro atoms. The van der Waals surface area contributed by atoms with Crippen molar-refractivity contribution < 1.29 is 70.2 Å². The van der Waals surface area contributed by atoms with Crippen LogP contribution in [0, 0.1) is 6.07 Å². The Bertz CT molecular complexity index is 288. The van der Waals surface area contributed by atoms with Gasteiger partial charge in [0.2, 0.25) is 0 Å². The maximum atomic E-state index is 4.09. The number of fused-ring (bicyclic) bond motifs is 1. The van der Waals surface area contributed by atoms with E-state index in [0.29, 0.717) is 0 Å². The van der Waals surface area contributed by atoms with E-state index in [0.717, 1.165) is 5.52 Å². The Labute approximate surface area is 121 Å². The van der Waals surface area contributed by atoms with Gasteiger partial charge in [-0.15, -0.1) is 6.07 Å². The van der Waals surface area contributed by atoms with E-state index in [1.807, 2.05) is 24.3 Å².